The Kier molecular flexibility index (Phi) is 9.36. The van der Waals surface area contributed by atoms with Crippen LogP contribution >= 0.6 is 0 Å². The molecule has 42 heavy (non-hydrogen) atoms. The van der Waals surface area contributed by atoms with Gasteiger partial charge in [-0.25, -0.2) is 0 Å². The molecule has 0 radical (unpaired) electrons. The number of hydrogen-bond acceptors (Lipinski definition) is 4. The summed E-state index contributed by atoms with van der Waals surface area (Å²) in [5.74, 6) is 1.07. The maximum absolute atomic E-state index is 12.9. The van der Waals surface area contributed by atoms with Crippen LogP contribution in [0.5, 0.6) is 11.5 Å². The molecule has 218 valence electrons. The summed E-state index contributed by atoms with van der Waals surface area (Å²) in [6.45, 7) is 15.3. The summed E-state index contributed by atoms with van der Waals surface area (Å²) < 4.78 is 12.0. The standard InChI is InChI=1S/C36H40N2O4/c1-21-11-9-12-22(2)33(21)41-27(7)35(39)37-31-17-15-29(19-25(31)5)30-16-18-32(26(6)20-30)38-36(40)28(8)42-34-23(3)13-10-14-24(34)4/h9-20,27-28H,1-8H3,(H,37,39)(H,38,40). The molecule has 4 aromatic carbocycles. The fourth-order valence-corrected chi connectivity index (χ4v) is 4.87. The number of carbonyl (C=O) groups excluding carboxylic acids is 2. The van der Waals surface area contributed by atoms with Crippen molar-refractivity contribution >= 4 is 23.2 Å². The van der Waals surface area contributed by atoms with Gasteiger partial charge in [0, 0.05) is 11.4 Å². The van der Waals surface area contributed by atoms with Crippen molar-refractivity contribution in [3.63, 3.8) is 0 Å². The van der Waals surface area contributed by atoms with E-state index in [1.165, 1.54) is 0 Å². The summed E-state index contributed by atoms with van der Waals surface area (Å²) >= 11 is 0. The van der Waals surface area contributed by atoms with Crippen LogP contribution in [-0.4, -0.2) is 24.0 Å². The predicted octanol–water partition coefficient (Wildman–Crippen LogP) is 8.02. The Morgan fingerprint density at radius 3 is 1.17 bits per heavy atom. The van der Waals surface area contributed by atoms with E-state index in [9.17, 15) is 9.59 Å². The van der Waals surface area contributed by atoms with E-state index in [1.54, 1.807) is 13.8 Å². The fourth-order valence-electron chi connectivity index (χ4n) is 4.87. The first-order valence-electron chi connectivity index (χ1n) is 14.2. The molecule has 6 nitrogen and oxygen atoms in total. The van der Waals surface area contributed by atoms with E-state index >= 15 is 0 Å². The second-order valence-corrected chi connectivity index (χ2v) is 11.0. The quantitative estimate of drug-likeness (QED) is 0.216. The molecule has 0 aliphatic carbocycles. The molecule has 4 aromatic rings. The van der Waals surface area contributed by atoms with Crippen molar-refractivity contribution in [3.05, 3.63) is 106 Å². The number of rotatable bonds is 9. The maximum atomic E-state index is 12.9. The molecular formula is C36H40N2O4. The highest BCUT2D eigenvalue weighted by Gasteiger charge is 2.19. The number of carbonyl (C=O) groups is 2. The fraction of sp³-hybridized carbons (Fsp3) is 0.278. The van der Waals surface area contributed by atoms with Gasteiger partial charge in [-0.2, -0.15) is 0 Å². The highest BCUT2D eigenvalue weighted by molar-refractivity contribution is 5.96. The molecule has 0 saturated carbocycles. The third-order valence-electron chi connectivity index (χ3n) is 7.45. The van der Waals surface area contributed by atoms with E-state index in [0.29, 0.717) is 0 Å². The number of anilines is 2. The summed E-state index contributed by atoms with van der Waals surface area (Å²) in [4.78, 5) is 25.8. The third kappa shape index (κ3) is 7.00. The van der Waals surface area contributed by atoms with E-state index in [0.717, 1.165) is 67.4 Å². The normalized spacial score (nSPS) is 12.3. The van der Waals surface area contributed by atoms with Gasteiger partial charge in [-0.3, -0.25) is 9.59 Å². The van der Waals surface area contributed by atoms with E-state index < -0.39 is 12.2 Å². The van der Waals surface area contributed by atoms with Crippen LogP contribution in [0.25, 0.3) is 11.1 Å². The molecule has 0 fully saturated rings. The van der Waals surface area contributed by atoms with E-state index in [-0.39, 0.29) is 11.8 Å². The third-order valence-corrected chi connectivity index (χ3v) is 7.45. The summed E-state index contributed by atoms with van der Waals surface area (Å²) in [5.41, 5.74) is 9.36. The Labute approximate surface area is 249 Å². The van der Waals surface area contributed by atoms with Crippen LogP contribution in [0.3, 0.4) is 0 Å². The average molecular weight is 565 g/mol. The average Bonchev–Trinajstić information content (AvgIpc) is 2.94. The van der Waals surface area contributed by atoms with E-state index in [4.69, 9.17) is 9.47 Å². The van der Waals surface area contributed by atoms with E-state index in [2.05, 4.69) is 10.6 Å². The zero-order valence-corrected chi connectivity index (χ0v) is 25.7. The molecule has 2 N–H and O–H groups in total. The Balaban J connectivity index is 1.41. The van der Waals surface area contributed by atoms with Crippen LogP contribution in [0.15, 0.2) is 72.8 Å². The zero-order valence-electron chi connectivity index (χ0n) is 25.7. The number of nitrogens with one attached hydrogen (secondary N) is 2. The molecule has 0 spiro atoms. The van der Waals surface area contributed by atoms with Crippen molar-refractivity contribution < 1.29 is 19.1 Å². The number of para-hydroxylation sites is 2. The van der Waals surface area contributed by atoms with Crippen molar-refractivity contribution in [3.8, 4) is 22.6 Å². The molecule has 4 rings (SSSR count). The van der Waals surface area contributed by atoms with Crippen LogP contribution in [0, 0.1) is 41.5 Å². The SMILES string of the molecule is Cc1cc(-c2ccc(NC(=O)C(C)Oc3c(C)cccc3C)c(C)c2)ccc1NC(=O)C(C)Oc1c(C)cccc1C. The van der Waals surface area contributed by atoms with Gasteiger partial charge in [0.25, 0.3) is 11.8 Å². The Morgan fingerprint density at radius 1 is 0.524 bits per heavy atom. The molecule has 6 heteroatoms. The number of benzene rings is 4. The number of hydrogen-bond donors (Lipinski definition) is 2. The van der Waals surface area contributed by atoms with Gasteiger partial charge < -0.3 is 20.1 Å². The molecule has 0 bridgehead atoms. The van der Waals surface area contributed by atoms with Crippen molar-refractivity contribution in [1.82, 2.24) is 0 Å². The number of aryl methyl sites for hydroxylation is 6. The molecule has 0 aliphatic rings. The molecule has 2 amide bonds. The molecule has 2 unspecified atom stereocenters. The van der Waals surface area contributed by atoms with Gasteiger partial charge in [-0.15, -0.1) is 0 Å². The van der Waals surface area contributed by atoms with Crippen LogP contribution < -0.4 is 20.1 Å². The van der Waals surface area contributed by atoms with Gasteiger partial charge in [0.15, 0.2) is 12.2 Å². The second kappa shape index (κ2) is 12.9. The summed E-state index contributed by atoms with van der Waals surface area (Å²) in [5, 5.41) is 6.00. The van der Waals surface area contributed by atoms with Crippen molar-refractivity contribution in [2.45, 2.75) is 67.6 Å². The lowest BCUT2D eigenvalue weighted by Gasteiger charge is -2.19. The summed E-state index contributed by atoms with van der Waals surface area (Å²) in [6, 6.07) is 23.7. The minimum Gasteiger partial charge on any atom is -0.480 e. The monoisotopic (exact) mass is 564 g/mol. The van der Waals surface area contributed by atoms with Crippen molar-refractivity contribution in [1.29, 1.82) is 0 Å². The van der Waals surface area contributed by atoms with Crippen LogP contribution in [0.1, 0.15) is 47.2 Å². The Bertz CT molecular complexity index is 1460. The molecule has 2 atom stereocenters. The molecule has 0 saturated heterocycles. The minimum atomic E-state index is -0.650. The largest absolute Gasteiger partial charge is 0.480 e. The highest BCUT2D eigenvalue weighted by Crippen LogP contribution is 2.30. The molecule has 0 aliphatic heterocycles. The topological polar surface area (TPSA) is 76.7 Å². The molecule has 0 aromatic heterocycles. The lowest BCUT2D eigenvalue weighted by atomic mass is 9.99. The Morgan fingerprint density at radius 2 is 0.857 bits per heavy atom. The zero-order chi connectivity index (χ0) is 30.6. The number of ether oxygens (including phenoxy) is 2. The van der Waals surface area contributed by atoms with Crippen molar-refractivity contribution in [2.75, 3.05) is 10.6 Å². The summed E-state index contributed by atoms with van der Waals surface area (Å²) in [7, 11) is 0. The summed E-state index contributed by atoms with van der Waals surface area (Å²) in [6.07, 6.45) is -1.30. The molecular weight excluding hydrogens is 524 g/mol. The van der Waals surface area contributed by atoms with Crippen LogP contribution in [-0.2, 0) is 9.59 Å². The van der Waals surface area contributed by atoms with Crippen LogP contribution in [0.4, 0.5) is 11.4 Å². The first kappa shape index (κ1) is 30.4. The molecule has 0 heterocycles. The van der Waals surface area contributed by atoms with Crippen LogP contribution in [0.2, 0.25) is 0 Å². The van der Waals surface area contributed by atoms with Gasteiger partial charge in [0.1, 0.15) is 11.5 Å². The van der Waals surface area contributed by atoms with Gasteiger partial charge in [0.05, 0.1) is 0 Å². The predicted molar refractivity (Wildman–Crippen MR) is 171 cm³/mol. The van der Waals surface area contributed by atoms with Gasteiger partial charge in [0.2, 0.25) is 0 Å². The van der Waals surface area contributed by atoms with E-state index in [1.807, 2.05) is 114 Å². The Hall–Kier alpha value is -4.58. The smallest absolute Gasteiger partial charge is 0.265 e. The number of amides is 2. The van der Waals surface area contributed by atoms with Gasteiger partial charge in [-0.05, 0) is 124 Å². The highest BCUT2D eigenvalue weighted by atomic mass is 16.5. The first-order valence-corrected chi connectivity index (χ1v) is 14.2. The minimum absolute atomic E-state index is 0.208. The lowest BCUT2D eigenvalue weighted by molar-refractivity contribution is -0.122. The first-order chi connectivity index (χ1) is 19.9. The maximum Gasteiger partial charge on any atom is 0.265 e. The van der Waals surface area contributed by atoms with Gasteiger partial charge >= 0.3 is 0 Å². The lowest BCUT2D eigenvalue weighted by Crippen LogP contribution is -2.30. The van der Waals surface area contributed by atoms with Crippen molar-refractivity contribution in [2.24, 2.45) is 0 Å². The second-order valence-electron chi connectivity index (χ2n) is 11.0. The van der Waals surface area contributed by atoms with Gasteiger partial charge in [-0.1, -0.05) is 48.5 Å².